The van der Waals surface area contributed by atoms with Gasteiger partial charge in [0.05, 0.1) is 0 Å². The van der Waals surface area contributed by atoms with Crippen LogP contribution in [0.15, 0.2) is 72.8 Å². The summed E-state index contributed by atoms with van der Waals surface area (Å²) < 4.78 is 0. The van der Waals surface area contributed by atoms with Crippen LogP contribution in [0, 0.1) is 0 Å². The van der Waals surface area contributed by atoms with Crippen LogP contribution in [0.3, 0.4) is 0 Å². The summed E-state index contributed by atoms with van der Waals surface area (Å²) in [6.45, 7) is 0.910. The molecule has 0 saturated carbocycles. The first kappa shape index (κ1) is 23.4. The van der Waals surface area contributed by atoms with Crippen LogP contribution < -0.4 is 10.6 Å². The number of halogens is 2. The molecule has 2 nitrogen and oxygen atoms in total. The van der Waals surface area contributed by atoms with E-state index in [1.165, 1.54) is 16.4 Å². The fraction of sp³-hybridized carbons (Fsp3) is 0.182. The number of para-hydroxylation sites is 1. The number of aromatic hydroxyl groups is 1. The number of phenolic OH excluding ortho intramolecular Hbond substituents is 1. The Morgan fingerprint density at radius 3 is 2.07 bits per heavy atom. The van der Waals surface area contributed by atoms with E-state index in [4.69, 9.17) is 18.6 Å². The van der Waals surface area contributed by atoms with Gasteiger partial charge in [-0.2, -0.15) is 0 Å². The van der Waals surface area contributed by atoms with Crippen molar-refractivity contribution in [1.29, 1.82) is 0 Å². The van der Waals surface area contributed by atoms with Gasteiger partial charge in [-0.3, -0.25) is 0 Å². The Morgan fingerprint density at radius 2 is 1.39 bits per heavy atom. The molecule has 1 atom stereocenters. The Labute approximate surface area is 186 Å². The van der Waals surface area contributed by atoms with E-state index in [1.807, 2.05) is 30.3 Å². The van der Waals surface area contributed by atoms with Crippen molar-refractivity contribution in [3.05, 3.63) is 89.5 Å². The second-order valence-corrected chi connectivity index (χ2v) is 10.5. The number of phenols is 1. The second-order valence-electron chi connectivity index (χ2n) is 6.57. The van der Waals surface area contributed by atoms with Gasteiger partial charge in [0.15, 0.2) is 0 Å². The molecule has 146 valence electrons. The van der Waals surface area contributed by atoms with E-state index in [0.717, 1.165) is 23.8 Å². The summed E-state index contributed by atoms with van der Waals surface area (Å²) in [5, 5.41) is 13.1. The van der Waals surface area contributed by atoms with E-state index in [-0.39, 0.29) is 0 Å². The van der Waals surface area contributed by atoms with Crippen LogP contribution in [0.2, 0.25) is 0 Å². The molecule has 0 amide bonds. The quantitative estimate of drug-likeness (QED) is 0.405. The van der Waals surface area contributed by atoms with Crippen molar-refractivity contribution in [3.8, 4) is 5.75 Å². The Morgan fingerprint density at radius 1 is 0.821 bits per heavy atom. The summed E-state index contributed by atoms with van der Waals surface area (Å²) >= 11 is -0.556. The van der Waals surface area contributed by atoms with Crippen molar-refractivity contribution in [2.24, 2.45) is 0 Å². The van der Waals surface area contributed by atoms with Gasteiger partial charge < -0.3 is 10.0 Å². The summed E-state index contributed by atoms with van der Waals surface area (Å²) in [5.41, 5.74) is 3.52. The SMILES string of the molecule is CN(C)Cc1ccccc1Pc1cccc(Cc2ccccc2)c1O.[Cl][Ti][Cl]. The summed E-state index contributed by atoms with van der Waals surface area (Å²) in [6.07, 6.45) is 0.754. The molecule has 0 aliphatic carbocycles. The van der Waals surface area contributed by atoms with E-state index in [9.17, 15) is 5.11 Å². The third-order valence-corrected chi connectivity index (χ3v) is 5.56. The summed E-state index contributed by atoms with van der Waals surface area (Å²) in [7, 11) is 14.4. The van der Waals surface area contributed by atoms with Crippen LogP contribution >= 0.6 is 27.2 Å². The van der Waals surface area contributed by atoms with E-state index >= 15 is 0 Å². The normalized spacial score (nSPS) is 10.8. The van der Waals surface area contributed by atoms with Crippen LogP contribution in [0.1, 0.15) is 16.7 Å². The van der Waals surface area contributed by atoms with Crippen LogP contribution in [0.4, 0.5) is 0 Å². The zero-order valence-electron chi connectivity index (χ0n) is 16.0. The Balaban J connectivity index is 0.000000878. The number of benzene rings is 3. The molecule has 0 fully saturated rings. The second kappa shape index (κ2) is 12.7. The zero-order chi connectivity index (χ0) is 20.4. The maximum absolute atomic E-state index is 10.8. The van der Waals surface area contributed by atoms with E-state index in [2.05, 4.69) is 61.5 Å². The van der Waals surface area contributed by atoms with Gasteiger partial charge in [-0.25, -0.2) is 0 Å². The predicted octanol–water partition coefficient (Wildman–Crippen LogP) is 5.05. The van der Waals surface area contributed by atoms with Crippen LogP contribution in [-0.4, -0.2) is 24.1 Å². The average molecular weight is 468 g/mol. The first-order chi connectivity index (χ1) is 13.5. The zero-order valence-corrected chi connectivity index (χ0v) is 20.1. The van der Waals surface area contributed by atoms with Gasteiger partial charge in [0.1, 0.15) is 5.75 Å². The van der Waals surface area contributed by atoms with E-state index in [0.29, 0.717) is 14.3 Å². The molecule has 0 spiro atoms. The Bertz CT molecular complexity index is 862. The minimum atomic E-state index is -0.556. The third kappa shape index (κ3) is 7.52. The first-order valence-electron chi connectivity index (χ1n) is 8.85. The minimum absolute atomic E-state index is 0.435. The molecule has 0 heterocycles. The Kier molecular flexibility index (Phi) is 10.6. The van der Waals surface area contributed by atoms with Crippen molar-refractivity contribution < 1.29 is 22.1 Å². The molecule has 3 rings (SSSR count). The summed E-state index contributed by atoms with van der Waals surface area (Å²) in [5.74, 6) is 0.435. The number of hydrogen-bond donors (Lipinski definition) is 1. The van der Waals surface area contributed by atoms with Gasteiger partial charge in [-0.15, -0.1) is 0 Å². The van der Waals surface area contributed by atoms with E-state index in [1.54, 1.807) is 0 Å². The van der Waals surface area contributed by atoms with Crippen molar-refractivity contribution in [2.45, 2.75) is 13.0 Å². The van der Waals surface area contributed by atoms with Gasteiger partial charge in [-0.05, 0) is 36.1 Å². The van der Waals surface area contributed by atoms with Gasteiger partial charge in [-0.1, -0.05) is 81.4 Å². The van der Waals surface area contributed by atoms with Crippen molar-refractivity contribution in [3.63, 3.8) is 0 Å². The molecule has 0 aliphatic heterocycles. The van der Waals surface area contributed by atoms with Crippen molar-refractivity contribution in [1.82, 2.24) is 4.90 Å². The molecule has 3 aromatic carbocycles. The fourth-order valence-electron chi connectivity index (χ4n) is 2.92. The van der Waals surface area contributed by atoms with Gasteiger partial charge >= 0.3 is 35.6 Å². The summed E-state index contributed by atoms with van der Waals surface area (Å²) in [4.78, 5) is 2.18. The van der Waals surface area contributed by atoms with E-state index < -0.39 is 17.0 Å². The average Bonchev–Trinajstić information content (AvgIpc) is 2.67. The molecular weight excluding hydrogens is 444 g/mol. The molecule has 0 aromatic heterocycles. The molecule has 0 aliphatic rings. The van der Waals surface area contributed by atoms with Gasteiger partial charge in [0.2, 0.25) is 0 Å². The van der Waals surface area contributed by atoms with Crippen LogP contribution in [-0.2, 0) is 30.0 Å². The molecule has 0 saturated heterocycles. The molecule has 1 N–H and O–H groups in total. The Hall–Kier alpha value is -0.856. The number of hydrogen-bond acceptors (Lipinski definition) is 2. The maximum atomic E-state index is 10.8. The van der Waals surface area contributed by atoms with Gasteiger partial charge in [0.25, 0.3) is 0 Å². The van der Waals surface area contributed by atoms with Gasteiger partial charge in [0, 0.05) is 18.3 Å². The molecule has 1 unspecified atom stereocenters. The number of nitrogens with zero attached hydrogens (tertiary/aromatic N) is 1. The predicted molar refractivity (Wildman–Crippen MR) is 120 cm³/mol. The molecule has 0 bridgehead atoms. The molecule has 28 heavy (non-hydrogen) atoms. The standard InChI is InChI=1S/C22H24NOP.2ClH.Ti/c1-23(2)16-19-11-6-7-13-20(19)25-21-14-8-12-18(22(21)24)15-17-9-4-3-5-10-17;;;/h3-14,24-25H,15-16H2,1-2H3;2*1H;/q;;;+2/p-2. The van der Waals surface area contributed by atoms with Crippen LogP contribution in [0.25, 0.3) is 0 Å². The van der Waals surface area contributed by atoms with Crippen LogP contribution in [0.5, 0.6) is 5.75 Å². The van der Waals surface area contributed by atoms with Crippen molar-refractivity contribution in [2.75, 3.05) is 14.1 Å². The third-order valence-electron chi connectivity index (χ3n) is 4.13. The first-order valence-corrected chi connectivity index (χ1v) is 14.2. The fourth-order valence-corrected chi connectivity index (χ4v) is 4.17. The molecular formula is C22H24Cl2NOPTi. The van der Waals surface area contributed by atoms with Crippen molar-refractivity contribution >= 4 is 37.8 Å². The molecule has 3 aromatic rings. The summed E-state index contributed by atoms with van der Waals surface area (Å²) in [6, 6.07) is 24.9. The molecule has 6 heteroatoms. The monoisotopic (exact) mass is 467 g/mol. The molecule has 0 radical (unpaired) electrons. The topological polar surface area (TPSA) is 23.5 Å². The number of rotatable bonds is 6.